The standard InChI is InChI=1S/C29H39Cl2N5O/c1-19-17-36(18-20(2)33-19)29(34-23-7-5-3-4-6-8-23)35-24-12-9-21(10-13-24)26(16-28(32)37)25-14-11-22(30)15-27(25)31/h9-15,19-20,23,26,33H,3-8,16-18H2,1-2H3,(H2,32,37)(H,34,35). The van der Waals surface area contributed by atoms with Crippen LogP contribution in [0.5, 0.6) is 0 Å². The first kappa shape index (κ1) is 27.7. The molecule has 1 aliphatic carbocycles. The molecule has 1 heterocycles. The van der Waals surface area contributed by atoms with E-state index in [1.807, 2.05) is 30.3 Å². The van der Waals surface area contributed by atoms with Crippen molar-refractivity contribution in [1.82, 2.24) is 10.2 Å². The Morgan fingerprint density at radius 1 is 1.05 bits per heavy atom. The molecule has 37 heavy (non-hydrogen) atoms. The molecule has 200 valence electrons. The number of carbonyl (C=O) groups excluding carboxylic acids is 1. The van der Waals surface area contributed by atoms with Gasteiger partial charge in [-0.2, -0.15) is 0 Å². The summed E-state index contributed by atoms with van der Waals surface area (Å²) in [5.74, 6) is 0.331. The third-order valence-electron chi connectivity index (χ3n) is 7.30. The zero-order valence-electron chi connectivity index (χ0n) is 21.9. The summed E-state index contributed by atoms with van der Waals surface area (Å²) in [5.41, 5.74) is 8.38. The van der Waals surface area contributed by atoms with Crippen molar-refractivity contribution in [3.63, 3.8) is 0 Å². The number of nitrogens with zero attached hydrogens (tertiary/aromatic N) is 2. The number of hydrogen-bond acceptors (Lipinski definition) is 3. The third-order valence-corrected chi connectivity index (χ3v) is 7.86. The van der Waals surface area contributed by atoms with Crippen LogP contribution in [0.2, 0.25) is 10.0 Å². The summed E-state index contributed by atoms with van der Waals surface area (Å²) in [6.07, 6.45) is 7.58. The molecule has 2 aliphatic rings. The number of nitrogens with two attached hydrogens (primary N) is 1. The first-order chi connectivity index (χ1) is 17.8. The second kappa shape index (κ2) is 13.0. The van der Waals surface area contributed by atoms with E-state index in [2.05, 4.69) is 29.4 Å². The lowest BCUT2D eigenvalue weighted by atomic mass is 9.88. The summed E-state index contributed by atoms with van der Waals surface area (Å²) in [6.45, 7) is 6.27. The lowest BCUT2D eigenvalue weighted by Gasteiger charge is -2.38. The molecule has 4 N–H and O–H groups in total. The fourth-order valence-corrected chi connectivity index (χ4v) is 6.11. The van der Waals surface area contributed by atoms with Gasteiger partial charge in [-0.1, -0.05) is 67.1 Å². The molecular weight excluding hydrogens is 505 g/mol. The van der Waals surface area contributed by atoms with Crippen LogP contribution < -0.4 is 16.4 Å². The minimum atomic E-state index is -0.377. The van der Waals surface area contributed by atoms with Crippen LogP contribution in [0.4, 0.5) is 5.69 Å². The number of guanidine groups is 1. The number of rotatable bonds is 6. The normalized spacial score (nSPS) is 22.4. The number of aliphatic imine (C=N–C) groups is 1. The topological polar surface area (TPSA) is 82.8 Å². The molecule has 1 amide bonds. The Morgan fingerprint density at radius 3 is 2.30 bits per heavy atom. The number of benzene rings is 2. The van der Waals surface area contributed by atoms with Crippen LogP contribution in [-0.2, 0) is 4.79 Å². The van der Waals surface area contributed by atoms with Gasteiger partial charge in [0.25, 0.3) is 0 Å². The second-order valence-electron chi connectivity index (χ2n) is 10.6. The van der Waals surface area contributed by atoms with Crippen LogP contribution in [0.3, 0.4) is 0 Å². The molecular formula is C29H39Cl2N5O. The molecule has 0 radical (unpaired) electrons. The van der Waals surface area contributed by atoms with E-state index in [1.54, 1.807) is 12.1 Å². The zero-order valence-corrected chi connectivity index (χ0v) is 23.4. The van der Waals surface area contributed by atoms with E-state index < -0.39 is 0 Å². The number of anilines is 1. The Kier molecular flexibility index (Phi) is 9.74. The van der Waals surface area contributed by atoms with Crippen molar-refractivity contribution in [3.8, 4) is 0 Å². The number of halogens is 2. The summed E-state index contributed by atoms with van der Waals surface area (Å²) in [7, 11) is 0. The molecule has 3 unspecified atom stereocenters. The van der Waals surface area contributed by atoms with E-state index in [0.29, 0.717) is 28.2 Å². The lowest BCUT2D eigenvalue weighted by molar-refractivity contribution is -0.118. The fraction of sp³-hybridized carbons (Fsp3) is 0.517. The van der Waals surface area contributed by atoms with Gasteiger partial charge in [-0.05, 0) is 62.1 Å². The van der Waals surface area contributed by atoms with Crippen LogP contribution in [0.1, 0.15) is 75.8 Å². The van der Waals surface area contributed by atoms with E-state index >= 15 is 0 Å². The highest BCUT2D eigenvalue weighted by Gasteiger charge is 2.25. The highest BCUT2D eigenvalue weighted by atomic mass is 35.5. The van der Waals surface area contributed by atoms with Crippen molar-refractivity contribution >= 4 is 40.8 Å². The molecule has 0 spiro atoms. The van der Waals surface area contributed by atoms with Gasteiger partial charge in [0.05, 0.1) is 6.04 Å². The van der Waals surface area contributed by atoms with Gasteiger partial charge in [0.2, 0.25) is 5.91 Å². The van der Waals surface area contributed by atoms with Crippen molar-refractivity contribution in [2.45, 2.75) is 82.8 Å². The van der Waals surface area contributed by atoms with Crippen molar-refractivity contribution in [3.05, 3.63) is 63.6 Å². The van der Waals surface area contributed by atoms with Crippen LogP contribution in [0, 0.1) is 0 Å². The van der Waals surface area contributed by atoms with Crippen LogP contribution in [0.15, 0.2) is 47.5 Å². The number of primary amides is 1. The number of amides is 1. The van der Waals surface area contributed by atoms with Gasteiger partial charge in [0, 0.05) is 53.2 Å². The summed E-state index contributed by atoms with van der Waals surface area (Å²) >= 11 is 12.6. The average molecular weight is 545 g/mol. The largest absolute Gasteiger partial charge is 0.370 e. The van der Waals surface area contributed by atoms with E-state index in [-0.39, 0.29) is 18.2 Å². The predicted octanol–water partition coefficient (Wildman–Crippen LogP) is 6.17. The maximum atomic E-state index is 11.9. The Morgan fingerprint density at radius 2 is 1.70 bits per heavy atom. The highest BCUT2D eigenvalue weighted by molar-refractivity contribution is 6.35. The quantitative estimate of drug-likeness (QED) is 0.231. The van der Waals surface area contributed by atoms with Gasteiger partial charge in [-0.3, -0.25) is 4.79 Å². The third kappa shape index (κ3) is 7.86. The maximum Gasteiger partial charge on any atom is 0.218 e. The first-order valence-corrected chi connectivity index (χ1v) is 14.2. The van der Waals surface area contributed by atoms with Gasteiger partial charge < -0.3 is 21.3 Å². The Balaban J connectivity index is 1.58. The Labute approximate surface area is 231 Å². The molecule has 1 saturated carbocycles. The molecule has 0 bridgehead atoms. The number of piperazine rings is 1. The molecule has 8 heteroatoms. The molecule has 1 saturated heterocycles. The summed E-state index contributed by atoms with van der Waals surface area (Å²) in [5, 5.41) is 8.34. The van der Waals surface area contributed by atoms with Gasteiger partial charge >= 0.3 is 0 Å². The molecule has 0 aromatic heterocycles. The molecule has 2 aromatic carbocycles. The molecule has 2 aromatic rings. The van der Waals surface area contributed by atoms with E-state index in [4.69, 9.17) is 33.9 Å². The van der Waals surface area contributed by atoms with Crippen molar-refractivity contribution in [2.75, 3.05) is 18.4 Å². The van der Waals surface area contributed by atoms with Crippen LogP contribution in [-0.4, -0.2) is 48.0 Å². The van der Waals surface area contributed by atoms with Crippen molar-refractivity contribution in [1.29, 1.82) is 0 Å². The average Bonchev–Trinajstić information content (AvgIpc) is 3.11. The first-order valence-electron chi connectivity index (χ1n) is 13.5. The van der Waals surface area contributed by atoms with E-state index in [1.165, 1.54) is 25.7 Å². The Hall–Kier alpha value is -2.28. The predicted molar refractivity (Wildman–Crippen MR) is 155 cm³/mol. The van der Waals surface area contributed by atoms with Crippen LogP contribution >= 0.6 is 23.2 Å². The zero-order chi connectivity index (χ0) is 26.4. The van der Waals surface area contributed by atoms with Crippen LogP contribution in [0.25, 0.3) is 0 Å². The molecule has 1 aliphatic heterocycles. The van der Waals surface area contributed by atoms with Gasteiger partial charge in [0.1, 0.15) is 0 Å². The summed E-state index contributed by atoms with van der Waals surface area (Å²) < 4.78 is 0. The van der Waals surface area contributed by atoms with Gasteiger partial charge in [0.15, 0.2) is 5.96 Å². The number of hydrogen-bond donors (Lipinski definition) is 3. The van der Waals surface area contributed by atoms with E-state index in [0.717, 1.165) is 48.7 Å². The number of nitrogens with one attached hydrogen (secondary N) is 2. The minimum absolute atomic E-state index is 0.166. The molecule has 3 atom stereocenters. The van der Waals surface area contributed by atoms with Gasteiger partial charge in [-0.15, -0.1) is 0 Å². The minimum Gasteiger partial charge on any atom is -0.370 e. The monoisotopic (exact) mass is 543 g/mol. The summed E-state index contributed by atoms with van der Waals surface area (Å²) in [6, 6.07) is 14.7. The maximum absolute atomic E-state index is 11.9. The summed E-state index contributed by atoms with van der Waals surface area (Å²) in [4.78, 5) is 19.5. The van der Waals surface area contributed by atoms with Crippen molar-refractivity contribution < 1.29 is 4.79 Å². The van der Waals surface area contributed by atoms with Gasteiger partial charge in [-0.25, -0.2) is 4.99 Å². The SMILES string of the molecule is CC1CN(/C(=N\C2CCCCCC2)Nc2ccc(C(CC(N)=O)c3ccc(Cl)cc3Cl)cc2)CC(C)N1. The smallest absolute Gasteiger partial charge is 0.218 e. The lowest BCUT2D eigenvalue weighted by Crippen LogP contribution is -2.57. The molecule has 4 rings (SSSR count). The number of carbonyl (C=O) groups is 1. The second-order valence-corrected chi connectivity index (χ2v) is 11.5. The molecule has 2 fully saturated rings. The Bertz CT molecular complexity index is 1070. The highest BCUT2D eigenvalue weighted by Crippen LogP contribution is 2.35. The fourth-order valence-electron chi connectivity index (χ4n) is 5.57. The molecule has 6 nitrogen and oxygen atoms in total. The van der Waals surface area contributed by atoms with E-state index in [9.17, 15) is 4.79 Å². The van der Waals surface area contributed by atoms with Crippen molar-refractivity contribution in [2.24, 2.45) is 10.7 Å².